The Labute approximate surface area is 190 Å². The third-order valence-corrected chi connectivity index (χ3v) is 6.25. The van der Waals surface area contributed by atoms with Gasteiger partial charge in [-0.15, -0.1) is 0 Å². The summed E-state index contributed by atoms with van der Waals surface area (Å²) >= 11 is 6.02. The van der Waals surface area contributed by atoms with Gasteiger partial charge in [-0.2, -0.15) is 0 Å². The van der Waals surface area contributed by atoms with Gasteiger partial charge in [0.2, 0.25) is 5.91 Å². The SMILES string of the molecule is COc1cccc(C2CC(=O)N(c3ccc(Cl)c(C(=O)O)c3)C3=C2C(=O)CCC3)c1OC. The van der Waals surface area contributed by atoms with Gasteiger partial charge in [-0.05, 0) is 37.1 Å². The number of ether oxygens (including phenoxy) is 2. The van der Waals surface area contributed by atoms with Gasteiger partial charge >= 0.3 is 5.97 Å². The summed E-state index contributed by atoms with van der Waals surface area (Å²) in [5.74, 6) is -0.898. The van der Waals surface area contributed by atoms with Crippen LogP contribution in [0, 0.1) is 0 Å². The number of carboxylic acid groups (broad SMARTS) is 1. The smallest absolute Gasteiger partial charge is 0.337 e. The molecule has 1 amide bonds. The predicted molar refractivity (Wildman–Crippen MR) is 119 cm³/mol. The molecule has 8 heteroatoms. The Bertz CT molecular complexity index is 1160. The molecule has 4 rings (SSSR count). The number of rotatable bonds is 5. The number of allylic oxidation sites excluding steroid dienone is 2. The molecular weight excluding hydrogens is 434 g/mol. The Hall–Kier alpha value is -3.32. The molecule has 0 bridgehead atoms. The van der Waals surface area contributed by atoms with E-state index in [1.165, 1.54) is 31.3 Å². The van der Waals surface area contributed by atoms with Crippen molar-refractivity contribution in [1.29, 1.82) is 0 Å². The van der Waals surface area contributed by atoms with E-state index in [1.807, 2.05) is 6.07 Å². The lowest BCUT2D eigenvalue weighted by atomic mass is 9.76. The zero-order chi connectivity index (χ0) is 23.0. The Morgan fingerprint density at radius 3 is 2.59 bits per heavy atom. The molecular formula is C24H22ClNO6. The van der Waals surface area contributed by atoms with Crippen LogP contribution in [0.5, 0.6) is 11.5 Å². The molecule has 1 N–H and O–H groups in total. The van der Waals surface area contributed by atoms with Crippen molar-refractivity contribution >= 4 is 34.9 Å². The minimum absolute atomic E-state index is 0.0222. The molecule has 7 nitrogen and oxygen atoms in total. The van der Waals surface area contributed by atoms with E-state index in [-0.39, 0.29) is 28.7 Å². The van der Waals surface area contributed by atoms with Gasteiger partial charge in [-0.25, -0.2) is 4.79 Å². The average molecular weight is 456 g/mol. The van der Waals surface area contributed by atoms with Crippen molar-refractivity contribution < 1.29 is 29.0 Å². The summed E-state index contributed by atoms with van der Waals surface area (Å²) < 4.78 is 11.0. The highest BCUT2D eigenvalue weighted by molar-refractivity contribution is 6.33. The molecule has 1 atom stereocenters. The standard InChI is InChI=1S/C24H22ClNO6/c1-31-20-8-3-5-14(23(20)32-2)15-12-21(28)26(18-6-4-7-19(27)22(15)18)13-9-10-17(25)16(11-13)24(29)30/h3,5,8-11,15H,4,6-7,12H2,1-2H3,(H,29,30). The van der Waals surface area contributed by atoms with Crippen molar-refractivity contribution in [1.82, 2.24) is 0 Å². The van der Waals surface area contributed by atoms with Crippen molar-refractivity contribution in [3.63, 3.8) is 0 Å². The summed E-state index contributed by atoms with van der Waals surface area (Å²) in [6, 6.07) is 9.83. The van der Waals surface area contributed by atoms with Crippen LogP contribution in [0.4, 0.5) is 5.69 Å². The molecule has 2 aliphatic rings. The number of carboxylic acids is 1. The average Bonchev–Trinajstić information content (AvgIpc) is 2.78. The van der Waals surface area contributed by atoms with Crippen LogP contribution in [0.2, 0.25) is 5.02 Å². The van der Waals surface area contributed by atoms with Crippen molar-refractivity contribution in [3.05, 3.63) is 63.8 Å². The summed E-state index contributed by atoms with van der Waals surface area (Å²) in [6.45, 7) is 0. The molecule has 0 spiro atoms. The van der Waals surface area contributed by atoms with E-state index in [0.29, 0.717) is 53.3 Å². The molecule has 2 aromatic rings. The van der Waals surface area contributed by atoms with E-state index in [0.717, 1.165) is 0 Å². The third kappa shape index (κ3) is 3.62. The molecule has 1 unspecified atom stereocenters. The minimum Gasteiger partial charge on any atom is -0.493 e. The summed E-state index contributed by atoms with van der Waals surface area (Å²) in [4.78, 5) is 39.5. The van der Waals surface area contributed by atoms with E-state index in [1.54, 1.807) is 18.2 Å². The Morgan fingerprint density at radius 1 is 1.12 bits per heavy atom. The zero-order valence-corrected chi connectivity index (χ0v) is 18.4. The first kappa shape index (κ1) is 21.9. The Morgan fingerprint density at radius 2 is 1.91 bits per heavy atom. The molecule has 0 radical (unpaired) electrons. The van der Waals surface area contributed by atoms with Crippen molar-refractivity contribution in [2.45, 2.75) is 31.6 Å². The fourth-order valence-electron chi connectivity index (χ4n) is 4.56. The maximum Gasteiger partial charge on any atom is 0.337 e. The van der Waals surface area contributed by atoms with Crippen molar-refractivity contribution in [2.75, 3.05) is 19.1 Å². The Kier molecular flexibility index (Phi) is 5.93. The fourth-order valence-corrected chi connectivity index (χ4v) is 4.76. The van der Waals surface area contributed by atoms with Crippen LogP contribution in [-0.2, 0) is 9.59 Å². The van der Waals surface area contributed by atoms with Crippen LogP contribution in [0.25, 0.3) is 0 Å². The second-order valence-corrected chi connectivity index (χ2v) is 8.08. The highest BCUT2D eigenvalue weighted by atomic mass is 35.5. The molecule has 0 aromatic heterocycles. The van der Waals surface area contributed by atoms with E-state index >= 15 is 0 Å². The maximum atomic E-state index is 13.4. The minimum atomic E-state index is -1.19. The Balaban J connectivity index is 1.90. The van der Waals surface area contributed by atoms with Gasteiger partial charge in [0.15, 0.2) is 17.3 Å². The molecule has 2 aromatic carbocycles. The van der Waals surface area contributed by atoms with Crippen LogP contribution in [-0.4, -0.2) is 37.0 Å². The second-order valence-electron chi connectivity index (χ2n) is 7.68. The molecule has 32 heavy (non-hydrogen) atoms. The number of Topliss-reactive ketones (excluding diaryl/α,β-unsaturated/α-hetero) is 1. The molecule has 1 aliphatic heterocycles. The van der Waals surface area contributed by atoms with Gasteiger partial charge in [-0.1, -0.05) is 23.7 Å². The first-order chi connectivity index (χ1) is 15.4. The number of para-hydroxylation sites is 1. The number of carbonyl (C=O) groups excluding carboxylic acids is 2. The van der Waals surface area contributed by atoms with Crippen LogP contribution >= 0.6 is 11.6 Å². The highest BCUT2D eigenvalue weighted by Crippen LogP contribution is 2.47. The van der Waals surface area contributed by atoms with Crippen LogP contribution in [0.3, 0.4) is 0 Å². The summed E-state index contributed by atoms with van der Waals surface area (Å²) in [6.07, 6.45) is 1.58. The second kappa shape index (κ2) is 8.67. The molecule has 0 saturated carbocycles. The third-order valence-electron chi connectivity index (χ3n) is 5.92. The first-order valence-corrected chi connectivity index (χ1v) is 10.6. The van der Waals surface area contributed by atoms with E-state index in [4.69, 9.17) is 21.1 Å². The lowest BCUT2D eigenvalue weighted by Crippen LogP contribution is -2.40. The predicted octanol–water partition coefficient (Wildman–Crippen LogP) is 4.58. The largest absolute Gasteiger partial charge is 0.493 e. The maximum absolute atomic E-state index is 13.4. The number of hydrogen-bond donors (Lipinski definition) is 1. The van der Waals surface area contributed by atoms with Gasteiger partial charge in [0.05, 0.1) is 24.8 Å². The topological polar surface area (TPSA) is 93.1 Å². The quantitative estimate of drug-likeness (QED) is 0.709. The molecule has 1 aliphatic carbocycles. The van der Waals surface area contributed by atoms with Crippen molar-refractivity contribution in [2.24, 2.45) is 0 Å². The molecule has 0 fully saturated rings. The van der Waals surface area contributed by atoms with E-state index < -0.39 is 11.9 Å². The van der Waals surface area contributed by atoms with Gasteiger partial charge in [-0.3, -0.25) is 14.5 Å². The summed E-state index contributed by atoms with van der Waals surface area (Å²) in [7, 11) is 3.06. The van der Waals surface area contributed by atoms with Gasteiger partial charge in [0.1, 0.15) is 0 Å². The normalized spacial score (nSPS) is 18.5. The van der Waals surface area contributed by atoms with Crippen LogP contribution in [0.1, 0.15) is 47.5 Å². The van der Waals surface area contributed by atoms with E-state index in [2.05, 4.69) is 0 Å². The number of aromatic carboxylic acids is 1. The number of amides is 1. The summed E-state index contributed by atoms with van der Waals surface area (Å²) in [5.41, 5.74) is 2.16. The van der Waals surface area contributed by atoms with Crippen LogP contribution < -0.4 is 14.4 Å². The number of anilines is 1. The van der Waals surface area contributed by atoms with E-state index in [9.17, 15) is 19.5 Å². The molecule has 1 heterocycles. The zero-order valence-electron chi connectivity index (χ0n) is 17.7. The first-order valence-electron chi connectivity index (χ1n) is 10.2. The molecule has 166 valence electrons. The lowest BCUT2D eigenvalue weighted by molar-refractivity contribution is -0.119. The fraction of sp³-hybridized carbons (Fsp3) is 0.292. The number of methoxy groups -OCH3 is 2. The highest BCUT2D eigenvalue weighted by Gasteiger charge is 2.41. The lowest BCUT2D eigenvalue weighted by Gasteiger charge is -2.38. The number of benzene rings is 2. The number of ketones is 1. The van der Waals surface area contributed by atoms with Crippen LogP contribution in [0.15, 0.2) is 47.7 Å². The van der Waals surface area contributed by atoms with Gasteiger partial charge in [0, 0.05) is 41.3 Å². The monoisotopic (exact) mass is 455 g/mol. The van der Waals surface area contributed by atoms with Crippen molar-refractivity contribution in [3.8, 4) is 11.5 Å². The van der Waals surface area contributed by atoms with Gasteiger partial charge < -0.3 is 14.6 Å². The number of halogens is 1. The molecule has 0 saturated heterocycles. The summed E-state index contributed by atoms with van der Waals surface area (Å²) in [5, 5.41) is 9.53. The number of carbonyl (C=O) groups is 3. The number of hydrogen-bond acceptors (Lipinski definition) is 5. The number of nitrogens with zero attached hydrogens (tertiary/aromatic N) is 1. The van der Waals surface area contributed by atoms with Gasteiger partial charge in [0.25, 0.3) is 0 Å².